The van der Waals surface area contributed by atoms with Gasteiger partial charge in [0.1, 0.15) is 6.10 Å². The molecule has 0 fully saturated rings. The fourth-order valence-corrected chi connectivity index (χ4v) is 4.23. The highest BCUT2D eigenvalue weighted by molar-refractivity contribution is 9.10. The molecule has 20 heavy (non-hydrogen) atoms. The standard InChI is InChI=1S/C16H12BrClOS/c1-9-7-10(18)5-6-11(9)15(19)13-8-20-16-12(13)3-2-4-14(16)17/h2-8,15,19H,1H3. The van der Waals surface area contributed by atoms with Crippen molar-refractivity contribution in [2.75, 3.05) is 0 Å². The summed E-state index contributed by atoms with van der Waals surface area (Å²) in [6.45, 7) is 1.97. The average Bonchev–Trinajstić information content (AvgIpc) is 2.83. The molecule has 2 aromatic carbocycles. The Balaban J connectivity index is 2.13. The molecule has 0 bridgehead atoms. The van der Waals surface area contributed by atoms with Gasteiger partial charge in [0.15, 0.2) is 0 Å². The van der Waals surface area contributed by atoms with E-state index in [-0.39, 0.29) is 0 Å². The number of rotatable bonds is 2. The quantitative estimate of drug-likeness (QED) is 0.615. The predicted octanol–water partition coefficient (Wildman–Crippen LogP) is 5.71. The fraction of sp³-hybridized carbons (Fsp3) is 0.125. The van der Waals surface area contributed by atoms with E-state index in [0.717, 1.165) is 31.2 Å². The summed E-state index contributed by atoms with van der Waals surface area (Å²) in [5, 5.41) is 14.5. The predicted molar refractivity (Wildman–Crippen MR) is 89.8 cm³/mol. The zero-order chi connectivity index (χ0) is 14.3. The van der Waals surface area contributed by atoms with E-state index in [1.54, 1.807) is 11.3 Å². The molecule has 1 nitrogen and oxygen atoms in total. The van der Waals surface area contributed by atoms with Crippen molar-refractivity contribution in [2.24, 2.45) is 0 Å². The van der Waals surface area contributed by atoms with Gasteiger partial charge in [-0.25, -0.2) is 0 Å². The molecular formula is C16H12BrClOS. The van der Waals surface area contributed by atoms with Crippen molar-refractivity contribution in [3.05, 3.63) is 68.0 Å². The van der Waals surface area contributed by atoms with Crippen LogP contribution in [0.3, 0.4) is 0 Å². The van der Waals surface area contributed by atoms with Gasteiger partial charge < -0.3 is 5.11 Å². The molecule has 4 heteroatoms. The normalized spacial score (nSPS) is 12.8. The van der Waals surface area contributed by atoms with Crippen LogP contribution in [0.4, 0.5) is 0 Å². The van der Waals surface area contributed by atoms with Gasteiger partial charge in [0, 0.05) is 19.8 Å². The van der Waals surface area contributed by atoms with Gasteiger partial charge in [-0.2, -0.15) is 0 Å². The molecule has 0 aliphatic heterocycles. The maximum atomic E-state index is 10.7. The van der Waals surface area contributed by atoms with Crippen LogP contribution in [-0.2, 0) is 0 Å². The van der Waals surface area contributed by atoms with Gasteiger partial charge in [-0.3, -0.25) is 0 Å². The lowest BCUT2D eigenvalue weighted by Gasteiger charge is -2.13. The van der Waals surface area contributed by atoms with Crippen LogP contribution in [0, 0.1) is 6.92 Å². The summed E-state index contributed by atoms with van der Waals surface area (Å²) in [5.41, 5.74) is 2.84. The maximum absolute atomic E-state index is 10.7. The van der Waals surface area contributed by atoms with Gasteiger partial charge in [-0.05, 0) is 62.9 Å². The Morgan fingerprint density at radius 1 is 1.20 bits per heavy atom. The van der Waals surface area contributed by atoms with Gasteiger partial charge in [0.05, 0.1) is 0 Å². The molecule has 1 aromatic heterocycles. The van der Waals surface area contributed by atoms with Crippen LogP contribution < -0.4 is 0 Å². The molecule has 1 unspecified atom stereocenters. The minimum Gasteiger partial charge on any atom is -0.384 e. The van der Waals surface area contributed by atoms with E-state index in [1.807, 2.05) is 48.7 Å². The Kier molecular flexibility index (Phi) is 3.87. The van der Waals surface area contributed by atoms with E-state index in [1.165, 1.54) is 0 Å². The number of hydrogen-bond donors (Lipinski definition) is 1. The van der Waals surface area contributed by atoms with Crippen molar-refractivity contribution in [2.45, 2.75) is 13.0 Å². The SMILES string of the molecule is Cc1cc(Cl)ccc1C(O)c1csc2c(Br)cccc12. The molecule has 0 saturated heterocycles. The van der Waals surface area contributed by atoms with Crippen LogP contribution in [0.2, 0.25) is 5.02 Å². The molecule has 0 saturated carbocycles. The lowest BCUT2D eigenvalue weighted by atomic mass is 9.97. The van der Waals surface area contributed by atoms with E-state index in [0.29, 0.717) is 5.02 Å². The van der Waals surface area contributed by atoms with Crippen LogP contribution in [0.25, 0.3) is 10.1 Å². The highest BCUT2D eigenvalue weighted by Crippen LogP contribution is 2.38. The largest absolute Gasteiger partial charge is 0.384 e. The third kappa shape index (κ3) is 2.40. The third-order valence-corrected chi connectivity index (χ3v) is 5.61. The summed E-state index contributed by atoms with van der Waals surface area (Å²) in [4.78, 5) is 0. The molecule has 3 aromatic rings. The molecular weight excluding hydrogens is 356 g/mol. The highest BCUT2D eigenvalue weighted by atomic mass is 79.9. The number of thiophene rings is 1. The summed E-state index contributed by atoms with van der Waals surface area (Å²) in [7, 11) is 0. The second-order valence-corrected chi connectivity index (χ2v) is 6.88. The molecule has 1 N–H and O–H groups in total. The first-order valence-corrected chi connectivity index (χ1v) is 8.22. The van der Waals surface area contributed by atoms with Crippen LogP contribution in [0.15, 0.2) is 46.3 Å². The molecule has 3 rings (SSSR count). The van der Waals surface area contributed by atoms with Crippen molar-refractivity contribution < 1.29 is 5.11 Å². The zero-order valence-corrected chi connectivity index (χ0v) is 13.9. The molecule has 0 amide bonds. The first kappa shape index (κ1) is 14.1. The van der Waals surface area contributed by atoms with Crippen molar-refractivity contribution in [3.8, 4) is 0 Å². The lowest BCUT2D eigenvalue weighted by molar-refractivity contribution is 0.221. The van der Waals surface area contributed by atoms with E-state index in [4.69, 9.17) is 11.6 Å². The number of aryl methyl sites for hydroxylation is 1. The summed E-state index contributed by atoms with van der Waals surface area (Å²) >= 11 is 11.2. The Labute approximate surface area is 135 Å². The van der Waals surface area contributed by atoms with Gasteiger partial charge >= 0.3 is 0 Å². The van der Waals surface area contributed by atoms with Crippen molar-refractivity contribution >= 4 is 49.0 Å². The summed E-state index contributed by atoms with van der Waals surface area (Å²) < 4.78 is 2.22. The Hall–Kier alpha value is -0.870. The maximum Gasteiger partial charge on any atom is 0.106 e. The lowest BCUT2D eigenvalue weighted by Crippen LogP contribution is -2.01. The number of aliphatic hydroxyl groups is 1. The Morgan fingerprint density at radius 3 is 2.75 bits per heavy atom. The minimum absolute atomic E-state index is 0.629. The van der Waals surface area contributed by atoms with Crippen LogP contribution in [0.1, 0.15) is 22.8 Å². The highest BCUT2D eigenvalue weighted by Gasteiger charge is 2.17. The number of halogens is 2. The smallest absolute Gasteiger partial charge is 0.106 e. The topological polar surface area (TPSA) is 20.2 Å². The van der Waals surface area contributed by atoms with Gasteiger partial charge in [0.2, 0.25) is 0 Å². The van der Waals surface area contributed by atoms with Crippen molar-refractivity contribution in [1.82, 2.24) is 0 Å². The second kappa shape index (κ2) is 5.49. The van der Waals surface area contributed by atoms with Crippen LogP contribution >= 0.6 is 38.9 Å². The first-order valence-electron chi connectivity index (χ1n) is 6.17. The van der Waals surface area contributed by atoms with E-state index >= 15 is 0 Å². The number of fused-ring (bicyclic) bond motifs is 1. The molecule has 0 spiro atoms. The van der Waals surface area contributed by atoms with Gasteiger partial charge in [-0.1, -0.05) is 29.8 Å². The van der Waals surface area contributed by atoms with Gasteiger partial charge in [0.25, 0.3) is 0 Å². The molecule has 1 heterocycles. The summed E-state index contributed by atoms with van der Waals surface area (Å²) in [5.74, 6) is 0. The van der Waals surface area contributed by atoms with E-state index in [9.17, 15) is 5.11 Å². The fourth-order valence-electron chi connectivity index (χ4n) is 2.37. The molecule has 0 aliphatic rings. The average molecular weight is 368 g/mol. The molecule has 0 aliphatic carbocycles. The Morgan fingerprint density at radius 2 is 2.00 bits per heavy atom. The molecule has 102 valence electrons. The summed E-state index contributed by atoms with van der Waals surface area (Å²) in [6.07, 6.45) is -0.629. The zero-order valence-electron chi connectivity index (χ0n) is 10.7. The monoisotopic (exact) mass is 366 g/mol. The van der Waals surface area contributed by atoms with Crippen LogP contribution in [-0.4, -0.2) is 5.11 Å². The summed E-state index contributed by atoms with van der Waals surface area (Å²) in [6, 6.07) is 11.6. The van der Waals surface area contributed by atoms with E-state index in [2.05, 4.69) is 15.9 Å². The third-order valence-electron chi connectivity index (χ3n) is 3.40. The molecule has 1 atom stereocenters. The van der Waals surface area contributed by atoms with Crippen LogP contribution in [0.5, 0.6) is 0 Å². The second-order valence-electron chi connectivity index (χ2n) is 4.71. The Bertz CT molecular complexity index is 781. The number of hydrogen-bond acceptors (Lipinski definition) is 2. The molecule has 0 radical (unpaired) electrons. The van der Waals surface area contributed by atoms with Crippen molar-refractivity contribution in [3.63, 3.8) is 0 Å². The van der Waals surface area contributed by atoms with Gasteiger partial charge in [-0.15, -0.1) is 11.3 Å². The minimum atomic E-state index is -0.629. The van der Waals surface area contributed by atoms with E-state index < -0.39 is 6.10 Å². The first-order chi connectivity index (χ1) is 9.58. The van der Waals surface area contributed by atoms with Crippen molar-refractivity contribution in [1.29, 1.82) is 0 Å². The number of aliphatic hydroxyl groups excluding tert-OH is 1. The number of benzene rings is 2.